The maximum Gasteiger partial charge on any atom is 0.0661 e. The van der Waals surface area contributed by atoms with Crippen LogP contribution in [0.5, 0.6) is 0 Å². The molecule has 2 rings (SSSR count). The molecule has 1 heterocycles. The predicted molar refractivity (Wildman–Crippen MR) is 65.7 cm³/mol. The highest BCUT2D eigenvalue weighted by Crippen LogP contribution is 2.32. The molecule has 1 unspecified atom stereocenters. The first kappa shape index (κ1) is 10.8. The molecule has 0 bridgehead atoms. The van der Waals surface area contributed by atoms with E-state index in [2.05, 4.69) is 4.98 Å². The molecule has 0 saturated heterocycles. The molecule has 1 atom stereocenters. The average Bonchev–Trinajstić information content (AvgIpc) is 2.56. The minimum absolute atomic E-state index is 0.110. The highest BCUT2D eigenvalue weighted by molar-refractivity contribution is 6.40. The summed E-state index contributed by atoms with van der Waals surface area (Å²) in [4.78, 5) is 3.13. The van der Waals surface area contributed by atoms with Gasteiger partial charge in [-0.1, -0.05) is 23.2 Å². The molecule has 2 nitrogen and oxygen atoms in total. The molecule has 15 heavy (non-hydrogen) atoms. The summed E-state index contributed by atoms with van der Waals surface area (Å²) in [5.41, 5.74) is 7.78. The number of fused-ring (bicyclic) bond motifs is 1. The molecule has 0 aliphatic carbocycles. The lowest BCUT2D eigenvalue weighted by Gasteiger charge is -2.04. The number of hydrogen-bond acceptors (Lipinski definition) is 1. The topological polar surface area (TPSA) is 41.8 Å². The van der Waals surface area contributed by atoms with Gasteiger partial charge in [0.15, 0.2) is 0 Å². The zero-order chi connectivity index (χ0) is 11.0. The SMILES string of the molecule is CC(N)Cc1c[nH]c2c(Cl)ccc(Cl)c12. The second-order valence-corrected chi connectivity index (χ2v) is 4.59. The first-order valence-corrected chi connectivity index (χ1v) is 5.54. The van der Waals surface area contributed by atoms with Crippen molar-refractivity contribution in [3.05, 3.63) is 33.9 Å². The Kier molecular flexibility index (Phi) is 2.91. The minimum atomic E-state index is 0.110. The fourth-order valence-corrected chi connectivity index (χ4v) is 2.24. The van der Waals surface area contributed by atoms with Gasteiger partial charge < -0.3 is 10.7 Å². The van der Waals surface area contributed by atoms with Crippen LogP contribution in [0.2, 0.25) is 10.0 Å². The van der Waals surface area contributed by atoms with Crippen molar-refractivity contribution in [2.24, 2.45) is 5.73 Å². The third-order valence-electron chi connectivity index (χ3n) is 2.36. The average molecular weight is 243 g/mol. The van der Waals surface area contributed by atoms with Crippen LogP contribution in [0.15, 0.2) is 18.3 Å². The van der Waals surface area contributed by atoms with Gasteiger partial charge in [-0.2, -0.15) is 0 Å². The van der Waals surface area contributed by atoms with E-state index >= 15 is 0 Å². The Morgan fingerprint density at radius 2 is 2.00 bits per heavy atom. The van der Waals surface area contributed by atoms with Gasteiger partial charge in [-0.05, 0) is 31.0 Å². The molecule has 0 spiro atoms. The van der Waals surface area contributed by atoms with Crippen molar-refractivity contribution in [1.29, 1.82) is 0 Å². The molecule has 0 radical (unpaired) electrons. The maximum atomic E-state index is 6.14. The Labute approximate surface area is 98.4 Å². The number of aromatic amines is 1. The van der Waals surface area contributed by atoms with E-state index in [0.29, 0.717) is 10.0 Å². The standard InChI is InChI=1S/C11H12Cl2N2/c1-6(14)4-7-5-15-11-9(13)3-2-8(12)10(7)11/h2-3,5-6,15H,4,14H2,1H3. The van der Waals surface area contributed by atoms with Crippen LogP contribution in [0.1, 0.15) is 12.5 Å². The molecule has 0 fully saturated rings. The number of nitrogens with one attached hydrogen (secondary N) is 1. The summed E-state index contributed by atoms with van der Waals surface area (Å²) < 4.78 is 0. The predicted octanol–water partition coefficient (Wildman–Crippen LogP) is 3.36. The van der Waals surface area contributed by atoms with Gasteiger partial charge >= 0.3 is 0 Å². The number of halogens is 2. The smallest absolute Gasteiger partial charge is 0.0661 e. The van der Waals surface area contributed by atoms with Crippen LogP contribution in [0, 0.1) is 0 Å². The molecule has 1 aromatic heterocycles. The van der Waals surface area contributed by atoms with E-state index in [-0.39, 0.29) is 6.04 Å². The van der Waals surface area contributed by atoms with Crippen LogP contribution in [0.4, 0.5) is 0 Å². The molecule has 0 amide bonds. The molecule has 80 valence electrons. The second kappa shape index (κ2) is 4.05. The Morgan fingerprint density at radius 3 is 2.67 bits per heavy atom. The summed E-state index contributed by atoms with van der Waals surface area (Å²) in [6.45, 7) is 1.97. The number of H-pyrrole nitrogens is 1. The van der Waals surface area contributed by atoms with Crippen LogP contribution in [-0.2, 0) is 6.42 Å². The van der Waals surface area contributed by atoms with E-state index in [9.17, 15) is 0 Å². The number of nitrogens with two attached hydrogens (primary N) is 1. The molecule has 4 heteroatoms. The van der Waals surface area contributed by atoms with Gasteiger partial charge in [0, 0.05) is 17.6 Å². The molecule has 0 saturated carbocycles. The zero-order valence-corrected chi connectivity index (χ0v) is 9.86. The molecular formula is C11H12Cl2N2. The lowest BCUT2D eigenvalue weighted by atomic mass is 10.1. The van der Waals surface area contributed by atoms with E-state index in [1.807, 2.05) is 19.2 Å². The lowest BCUT2D eigenvalue weighted by Crippen LogP contribution is -2.17. The van der Waals surface area contributed by atoms with Crippen LogP contribution < -0.4 is 5.73 Å². The quantitative estimate of drug-likeness (QED) is 0.834. The van der Waals surface area contributed by atoms with Crippen LogP contribution in [-0.4, -0.2) is 11.0 Å². The zero-order valence-electron chi connectivity index (χ0n) is 8.35. The summed E-state index contributed by atoms with van der Waals surface area (Å²) in [6.07, 6.45) is 2.71. The number of benzene rings is 1. The van der Waals surface area contributed by atoms with Crippen LogP contribution >= 0.6 is 23.2 Å². The lowest BCUT2D eigenvalue weighted by molar-refractivity contribution is 0.741. The minimum Gasteiger partial charge on any atom is -0.360 e. The largest absolute Gasteiger partial charge is 0.360 e. The van der Waals surface area contributed by atoms with E-state index in [1.165, 1.54) is 0 Å². The molecule has 3 N–H and O–H groups in total. The summed E-state index contributed by atoms with van der Waals surface area (Å²) in [7, 11) is 0. The number of hydrogen-bond donors (Lipinski definition) is 2. The van der Waals surface area contributed by atoms with Crippen molar-refractivity contribution >= 4 is 34.1 Å². The van der Waals surface area contributed by atoms with Gasteiger partial charge in [0.2, 0.25) is 0 Å². The molecule has 2 aromatic rings. The normalized spacial score (nSPS) is 13.3. The molecule has 0 aliphatic heterocycles. The van der Waals surface area contributed by atoms with Crippen molar-refractivity contribution in [3.8, 4) is 0 Å². The van der Waals surface area contributed by atoms with Gasteiger partial charge in [-0.15, -0.1) is 0 Å². The maximum absolute atomic E-state index is 6.14. The summed E-state index contributed by atoms with van der Waals surface area (Å²) >= 11 is 12.2. The number of rotatable bonds is 2. The third kappa shape index (κ3) is 1.98. The van der Waals surface area contributed by atoms with Crippen LogP contribution in [0.3, 0.4) is 0 Å². The third-order valence-corrected chi connectivity index (χ3v) is 2.99. The summed E-state index contributed by atoms with van der Waals surface area (Å²) in [6, 6.07) is 3.71. The summed E-state index contributed by atoms with van der Waals surface area (Å²) in [5.74, 6) is 0. The van der Waals surface area contributed by atoms with Gasteiger partial charge in [-0.25, -0.2) is 0 Å². The van der Waals surface area contributed by atoms with E-state index in [0.717, 1.165) is 22.9 Å². The van der Waals surface area contributed by atoms with Crippen LogP contribution in [0.25, 0.3) is 10.9 Å². The molecule has 0 aliphatic rings. The van der Waals surface area contributed by atoms with E-state index in [1.54, 1.807) is 6.07 Å². The van der Waals surface area contributed by atoms with Crippen molar-refractivity contribution < 1.29 is 0 Å². The highest BCUT2D eigenvalue weighted by atomic mass is 35.5. The van der Waals surface area contributed by atoms with Gasteiger partial charge in [-0.3, -0.25) is 0 Å². The number of aromatic nitrogens is 1. The van der Waals surface area contributed by atoms with Crippen molar-refractivity contribution in [3.63, 3.8) is 0 Å². The monoisotopic (exact) mass is 242 g/mol. The first-order valence-electron chi connectivity index (χ1n) is 4.79. The summed E-state index contributed by atoms with van der Waals surface area (Å²) in [5, 5.41) is 2.39. The fraction of sp³-hybridized carbons (Fsp3) is 0.273. The molecular weight excluding hydrogens is 231 g/mol. The van der Waals surface area contributed by atoms with E-state index < -0.39 is 0 Å². The fourth-order valence-electron chi connectivity index (χ4n) is 1.75. The van der Waals surface area contributed by atoms with E-state index in [4.69, 9.17) is 28.9 Å². The Hall–Kier alpha value is -0.700. The van der Waals surface area contributed by atoms with Gasteiger partial charge in [0.05, 0.1) is 15.6 Å². The molecule has 1 aromatic carbocycles. The van der Waals surface area contributed by atoms with Gasteiger partial charge in [0.25, 0.3) is 0 Å². The van der Waals surface area contributed by atoms with Gasteiger partial charge in [0.1, 0.15) is 0 Å². The highest BCUT2D eigenvalue weighted by Gasteiger charge is 2.11. The van der Waals surface area contributed by atoms with Crippen molar-refractivity contribution in [1.82, 2.24) is 4.98 Å². The van der Waals surface area contributed by atoms with Crippen molar-refractivity contribution in [2.75, 3.05) is 0 Å². The Bertz CT molecular complexity index is 489. The van der Waals surface area contributed by atoms with Crippen molar-refractivity contribution in [2.45, 2.75) is 19.4 Å². The Morgan fingerprint density at radius 1 is 1.33 bits per heavy atom. The second-order valence-electron chi connectivity index (χ2n) is 3.77. The first-order chi connectivity index (χ1) is 7.09. The Balaban J connectivity index is 2.62.